The minimum Gasteiger partial charge on any atom is -0.380 e. The van der Waals surface area contributed by atoms with E-state index in [9.17, 15) is 0 Å². The Kier molecular flexibility index (Phi) is 3.77. The lowest BCUT2D eigenvalue weighted by molar-refractivity contribution is 1.15. The van der Waals surface area contributed by atoms with Crippen LogP contribution in [0.4, 0.5) is 5.69 Å². The summed E-state index contributed by atoms with van der Waals surface area (Å²) in [5.74, 6) is 0. The topological polar surface area (TPSA) is 35.8 Å². The first kappa shape index (κ1) is 13.5. The van der Waals surface area contributed by atoms with Gasteiger partial charge in [-0.05, 0) is 29.1 Å². The number of nitriles is 1. The number of fused-ring (bicyclic) bond motifs is 1. The zero-order valence-corrected chi connectivity index (χ0v) is 12.1. The lowest BCUT2D eigenvalue weighted by atomic mass is 10.1. The van der Waals surface area contributed by atoms with Gasteiger partial charge in [0.05, 0.1) is 11.6 Å². The lowest BCUT2D eigenvalue weighted by Gasteiger charge is -2.11. The van der Waals surface area contributed by atoms with Gasteiger partial charge in [-0.3, -0.25) is 0 Å². The van der Waals surface area contributed by atoms with Crippen molar-refractivity contribution in [1.82, 2.24) is 0 Å². The molecule has 0 aromatic heterocycles. The number of nitrogens with one attached hydrogen (secondary N) is 1. The van der Waals surface area contributed by atoms with Gasteiger partial charge in [-0.15, -0.1) is 0 Å². The van der Waals surface area contributed by atoms with Gasteiger partial charge < -0.3 is 5.32 Å². The fourth-order valence-electron chi connectivity index (χ4n) is 2.33. The average Bonchev–Trinajstić information content (AvgIpc) is 2.53. The SMILES string of the molecule is N#Cc1ccc(CNc2cccc3ccccc23)c(Cl)c1. The maximum Gasteiger partial charge on any atom is 0.0992 e. The second-order valence-corrected chi connectivity index (χ2v) is 5.21. The quantitative estimate of drug-likeness (QED) is 0.739. The van der Waals surface area contributed by atoms with Crippen molar-refractivity contribution in [2.75, 3.05) is 5.32 Å². The molecule has 3 aromatic carbocycles. The predicted molar refractivity (Wildman–Crippen MR) is 87.4 cm³/mol. The van der Waals surface area contributed by atoms with E-state index < -0.39 is 0 Å². The van der Waals surface area contributed by atoms with Gasteiger partial charge in [-0.1, -0.05) is 54.1 Å². The molecule has 0 spiro atoms. The molecular formula is C18H13ClN2. The van der Waals surface area contributed by atoms with Crippen LogP contribution < -0.4 is 5.32 Å². The molecule has 0 radical (unpaired) electrons. The van der Waals surface area contributed by atoms with Crippen molar-refractivity contribution < 1.29 is 0 Å². The van der Waals surface area contributed by atoms with E-state index in [-0.39, 0.29) is 0 Å². The second-order valence-electron chi connectivity index (χ2n) is 4.80. The Balaban J connectivity index is 1.86. The molecular weight excluding hydrogens is 280 g/mol. The normalized spacial score (nSPS) is 10.3. The largest absolute Gasteiger partial charge is 0.380 e. The molecule has 102 valence electrons. The van der Waals surface area contributed by atoms with Crippen molar-refractivity contribution >= 4 is 28.1 Å². The van der Waals surface area contributed by atoms with E-state index in [4.69, 9.17) is 16.9 Å². The van der Waals surface area contributed by atoms with Crippen molar-refractivity contribution in [2.24, 2.45) is 0 Å². The summed E-state index contributed by atoms with van der Waals surface area (Å²) in [4.78, 5) is 0. The second kappa shape index (κ2) is 5.87. The highest BCUT2D eigenvalue weighted by Crippen LogP contribution is 2.25. The van der Waals surface area contributed by atoms with Crippen LogP contribution in [0.25, 0.3) is 10.8 Å². The van der Waals surface area contributed by atoms with Gasteiger partial charge in [0.25, 0.3) is 0 Å². The molecule has 0 aliphatic heterocycles. The summed E-state index contributed by atoms with van der Waals surface area (Å²) in [6, 6.07) is 21.9. The average molecular weight is 293 g/mol. The standard InChI is InChI=1S/C18H13ClN2/c19-17-10-13(11-20)8-9-15(17)12-21-18-7-3-5-14-4-1-2-6-16(14)18/h1-10,21H,12H2. The minimum absolute atomic E-state index is 0.578. The first-order valence-corrected chi connectivity index (χ1v) is 7.06. The summed E-state index contributed by atoms with van der Waals surface area (Å²) < 4.78 is 0. The molecule has 0 amide bonds. The molecule has 0 bridgehead atoms. The summed E-state index contributed by atoms with van der Waals surface area (Å²) in [6.07, 6.45) is 0. The Labute approximate surface area is 128 Å². The van der Waals surface area contributed by atoms with Crippen LogP contribution in [-0.2, 0) is 6.54 Å². The van der Waals surface area contributed by atoms with E-state index in [0.29, 0.717) is 17.1 Å². The summed E-state index contributed by atoms with van der Waals surface area (Å²) >= 11 is 6.20. The third-order valence-electron chi connectivity index (χ3n) is 3.44. The van der Waals surface area contributed by atoms with Crippen LogP contribution in [-0.4, -0.2) is 0 Å². The molecule has 0 aliphatic carbocycles. The highest BCUT2D eigenvalue weighted by atomic mass is 35.5. The van der Waals surface area contributed by atoms with Crippen LogP contribution in [0.15, 0.2) is 60.7 Å². The molecule has 0 atom stereocenters. The van der Waals surface area contributed by atoms with E-state index in [2.05, 4.69) is 35.7 Å². The van der Waals surface area contributed by atoms with Gasteiger partial charge in [-0.25, -0.2) is 0 Å². The van der Waals surface area contributed by atoms with Crippen molar-refractivity contribution in [1.29, 1.82) is 5.26 Å². The molecule has 3 aromatic rings. The third-order valence-corrected chi connectivity index (χ3v) is 3.79. The maximum atomic E-state index is 8.85. The van der Waals surface area contributed by atoms with Crippen molar-refractivity contribution in [2.45, 2.75) is 6.54 Å². The van der Waals surface area contributed by atoms with E-state index in [0.717, 1.165) is 11.3 Å². The first-order valence-electron chi connectivity index (χ1n) is 6.68. The Morgan fingerprint density at radius 1 is 1.00 bits per heavy atom. The van der Waals surface area contributed by atoms with Gasteiger partial charge >= 0.3 is 0 Å². The number of halogens is 1. The highest BCUT2D eigenvalue weighted by molar-refractivity contribution is 6.31. The van der Waals surface area contributed by atoms with Crippen molar-refractivity contribution in [3.05, 3.63) is 76.8 Å². The zero-order chi connectivity index (χ0) is 14.7. The fourth-order valence-corrected chi connectivity index (χ4v) is 2.58. The summed E-state index contributed by atoms with van der Waals surface area (Å²) in [7, 11) is 0. The van der Waals surface area contributed by atoms with Crippen LogP contribution in [0.1, 0.15) is 11.1 Å². The van der Waals surface area contributed by atoms with Gasteiger partial charge in [0, 0.05) is 22.6 Å². The molecule has 3 heteroatoms. The number of hydrogen-bond acceptors (Lipinski definition) is 2. The zero-order valence-electron chi connectivity index (χ0n) is 11.3. The van der Waals surface area contributed by atoms with Crippen molar-refractivity contribution in [3.8, 4) is 6.07 Å². The first-order chi connectivity index (χ1) is 10.3. The van der Waals surface area contributed by atoms with E-state index in [1.54, 1.807) is 12.1 Å². The Morgan fingerprint density at radius 2 is 1.81 bits per heavy atom. The molecule has 0 unspecified atom stereocenters. The fraction of sp³-hybridized carbons (Fsp3) is 0.0556. The molecule has 1 N–H and O–H groups in total. The number of benzene rings is 3. The van der Waals surface area contributed by atoms with Gasteiger partial charge in [0.2, 0.25) is 0 Å². The van der Waals surface area contributed by atoms with Crippen LogP contribution in [0.5, 0.6) is 0 Å². The van der Waals surface area contributed by atoms with Crippen LogP contribution in [0, 0.1) is 11.3 Å². The third kappa shape index (κ3) is 2.84. The van der Waals surface area contributed by atoms with Gasteiger partial charge in [0.15, 0.2) is 0 Å². The monoisotopic (exact) mass is 292 g/mol. The summed E-state index contributed by atoms with van der Waals surface area (Å²) in [5.41, 5.74) is 2.63. The maximum absolute atomic E-state index is 8.85. The molecule has 0 aliphatic rings. The van der Waals surface area contributed by atoms with E-state index >= 15 is 0 Å². The van der Waals surface area contributed by atoms with Crippen LogP contribution in [0.2, 0.25) is 5.02 Å². The van der Waals surface area contributed by atoms with Crippen molar-refractivity contribution in [3.63, 3.8) is 0 Å². The number of anilines is 1. The molecule has 2 nitrogen and oxygen atoms in total. The van der Waals surface area contributed by atoms with Gasteiger partial charge in [-0.2, -0.15) is 5.26 Å². The van der Waals surface area contributed by atoms with Crippen LogP contribution >= 0.6 is 11.6 Å². The summed E-state index contributed by atoms with van der Waals surface area (Å²) in [6.45, 7) is 0.624. The Morgan fingerprint density at radius 3 is 2.62 bits per heavy atom. The van der Waals surface area contributed by atoms with Gasteiger partial charge in [0.1, 0.15) is 0 Å². The Bertz CT molecular complexity index is 829. The highest BCUT2D eigenvalue weighted by Gasteiger charge is 2.04. The number of nitrogens with zero attached hydrogens (tertiary/aromatic N) is 1. The molecule has 21 heavy (non-hydrogen) atoms. The minimum atomic E-state index is 0.578. The lowest BCUT2D eigenvalue weighted by Crippen LogP contribution is -2.00. The molecule has 0 fully saturated rings. The summed E-state index contributed by atoms with van der Waals surface area (Å²) in [5, 5.41) is 15.3. The molecule has 0 heterocycles. The predicted octanol–water partition coefficient (Wildman–Crippen LogP) is 4.98. The molecule has 3 rings (SSSR count). The smallest absolute Gasteiger partial charge is 0.0992 e. The molecule has 0 saturated heterocycles. The van der Waals surface area contributed by atoms with E-state index in [1.807, 2.05) is 24.3 Å². The van der Waals surface area contributed by atoms with E-state index in [1.165, 1.54) is 10.8 Å². The number of rotatable bonds is 3. The number of hydrogen-bond donors (Lipinski definition) is 1. The Hall–Kier alpha value is -2.50. The van der Waals surface area contributed by atoms with Crippen LogP contribution in [0.3, 0.4) is 0 Å². The molecule has 0 saturated carbocycles.